The van der Waals surface area contributed by atoms with E-state index in [4.69, 9.17) is 4.99 Å². The van der Waals surface area contributed by atoms with E-state index in [0.29, 0.717) is 12.6 Å². The number of aryl methyl sites for hydroxylation is 1. The lowest BCUT2D eigenvalue weighted by molar-refractivity contribution is 0.473. The molecule has 24 heavy (non-hydrogen) atoms. The number of aliphatic imine (C=N–C) groups is 1. The van der Waals surface area contributed by atoms with Crippen molar-refractivity contribution in [3.8, 4) is 0 Å². The summed E-state index contributed by atoms with van der Waals surface area (Å²) in [5.41, 5.74) is 1.27. The summed E-state index contributed by atoms with van der Waals surface area (Å²) in [6, 6.07) is 11.0. The fourth-order valence-electron chi connectivity index (χ4n) is 2.35. The smallest absolute Gasteiger partial charge is 0.194 e. The van der Waals surface area contributed by atoms with E-state index >= 15 is 0 Å². The van der Waals surface area contributed by atoms with Crippen LogP contribution >= 0.6 is 24.0 Å². The van der Waals surface area contributed by atoms with E-state index in [1.54, 1.807) is 0 Å². The maximum Gasteiger partial charge on any atom is 0.194 e. The lowest BCUT2D eigenvalue weighted by atomic mass is 10.2. The molecule has 1 aliphatic rings. The van der Waals surface area contributed by atoms with Crippen LogP contribution in [-0.4, -0.2) is 38.7 Å². The van der Waals surface area contributed by atoms with Crippen molar-refractivity contribution in [2.75, 3.05) is 7.05 Å². The van der Waals surface area contributed by atoms with Gasteiger partial charge in [-0.2, -0.15) is 0 Å². The number of hydrogen-bond donors (Lipinski definition) is 1. The lowest BCUT2D eigenvalue weighted by Crippen LogP contribution is -2.39. The van der Waals surface area contributed by atoms with Gasteiger partial charge in [0.15, 0.2) is 11.8 Å². The van der Waals surface area contributed by atoms with Gasteiger partial charge in [-0.05, 0) is 25.3 Å². The molecule has 0 saturated heterocycles. The Labute approximate surface area is 160 Å². The largest absolute Gasteiger partial charge is 0.353 e. The Bertz CT molecular complexity index is 678. The number of rotatable bonds is 5. The summed E-state index contributed by atoms with van der Waals surface area (Å²) in [7, 11) is 4.05. The Morgan fingerprint density at radius 1 is 1.29 bits per heavy atom. The zero-order valence-electron chi connectivity index (χ0n) is 14.4. The minimum absolute atomic E-state index is 0. The molecule has 1 saturated carbocycles. The maximum absolute atomic E-state index is 4.75. The molecular formula is C17H25IN6. The van der Waals surface area contributed by atoms with Gasteiger partial charge in [-0.25, -0.2) is 4.99 Å². The number of nitrogens with one attached hydrogen (secondary N) is 1. The van der Waals surface area contributed by atoms with Crippen molar-refractivity contribution in [1.82, 2.24) is 25.0 Å². The van der Waals surface area contributed by atoms with Crippen molar-refractivity contribution < 1.29 is 0 Å². The summed E-state index contributed by atoms with van der Waals surface area (Å²) in [6.07, 6.45) is 2.45. The average Bonchev–Trinajstić information content (AvgIpc) is 3.32. The summed E-state index contributed by atoms with van der Waals surface area (Å²) < 4.78 is 1.98. The van der Waals surface area contributed by atoms with Gasteiger partial charge in [-0.3, -0.25) is 0 Å². The summed E-state index contributed by atoms with van der Waals surface area (Å²) in [5, 5.41) is 11.8. The van der Waals surface area contributed by atoms with E-state index in [1.807, 2.05) is 24.6 Å². The third-order valence-electron chi connectivity index (χ3n) is 4.09. The van der Waals surface area contributed by atoms with Crippen LogP contribution in [-0.2, 0) is 20.1 Å². The number of hydrogen-bond acceptors (Lipinski definition) is 3. The molecule has 2 aromatic rings. The highest BCUT2D eigenvalue weighted by atomic mass is 127. The van der Waals surface area contributed by atoms with Crippen LogP contribution in [0.4, 0.5) is 0 Å². The Hall–Kier alpha value is -1.64. The van der Waals surface area contributed by atoms with Crippen LogP contribution in [0.3, 0.4) is 0 Å². The van der Waals surface area contributed by atoms with Crippen molar-refractivity contribution in [3.63, 3.8) is 0 Å². The molecule has 1 aromatic carbocycles. The van der Waals surface area contributed by atoms with Gasteiger partial charge in [-0.1, -0.05) is 30.3 Å². The number of benzene rings is 1. The van der Waals surface area contributed by atoms with Gasteiger partial charge in [0, 0.05) is 26.7 Å². The van der Waals surface area contributed by atoms with Gasteiger partial charge in [-0.15, -0.1) is 34.2 Å². The molecule has 130 valence electrons. The first kappa shape index (κ1) is 18.7. The lowest BCUT2D eigenvalue weighted by Gasteiger charge is -2.22. The second kappa shape index (κ2) is 8.46. The van der Waals surface area contributed by atoms with E-state index in [-0.39, 0.29) is 24.0 Å². The summed E-state index contributed by atoms with van der Waals surface area (Å²) in [5.74, 6) is 2.72. The molecule has 1 heterocycles. The number of halogens is 1. The van der Waals surface area contributed by atoms with Crippen LogP contribution in [0.15, 0.2) is 35.3 Å². The molecular weight excluding hydrogens is 415 g/mol. The van der Waals surface area contributed by atoms with E-state index in [2.05, 4.69) is 51.7 Å². The van der Waals surface area contributed by atoms with Gasteiger partial charge in [0.05, 0.1) is 0 Å². The van der Waals surface area contributed by atoms with Gasteiger partial charge < -0.3 is 14.8 Å². The molecule has 0 bridgehead atoms. The van der Waals surface area contributed by atoms with Gasteiger partial charge in [0.2, 0.25) is 0 Å². The third kappa shape index (κ3) is 4.93. The first-order chi connectivity index (χ1) is 11.1. The Kier molecular flexibility index (Phi) is 6.59. The normalized spacial score (nSPS) is 14.2. The van der Waals surface area contributed by atoms with E-state index in [1.165, 1.54) is 18.4 Å². The second-order valence-corrected chi connectivity index (χ2v) is 6.12. The fourth-order valence-corrected chi connectivity index (χ4v) is 2.35. The molecule has 1 aromatic heterocycles. The minimum Gasteiger partial charge on any atom is -0.353 e. The van der Waals surface area contributed by atoms with Gasteiger partial charge in [0.25, 0.3) is 0 Å². The van der Waals surface area contributed by atoms with E-state index in [9.17, 15) is 0 Å². The molecule has 0 atom stereocenters. The summed E-state index contributed by atoms with van der Waals surface area (Å²) in [4.78, 5) is 6.92. The van der Waals surface area contributed by atoms with Crippen molar-refractivity contribution in [1.29, 1.82) is 0 Å². The molecule has 0 spiro atoms. The molecule has 0 amide bonds. The zero-order valence-corrected chi connectivity index (χ0v) is 16.8. The zero-order chi connectivity index (χ0) is 16.2. The topological polar surface area (TPSA) is 58.3 Å². The van der Waals surface area contributed by atoms with Crippen LogP contribution < -0.4 is 5.32 Å². The summed E-state index contributed by atoms with van der Waals surface area (Å²) in [6.45, 7) is 3.31. The van der Waals surface area contributed by atoms with Crippen LogP contribution in [0.5, 0.6) is 0 Å². The highest BCUT2D eigenvalue weighted by Gasteiger charge is 2.24. The van der Waals surface area contributed by atoms with Crippen LogP contribution in [0.2, 0.25) is 0 Å². The van der Waals surface area contributed by atoms with Crippen molar-refractivity contribution in [2.24, 2.45) is 12.0 Å². The Morgan fingerprint density at radius 3 is 2.58 bits per heavy atom. The predicted octanol–water partition coefficient (Wildman–Crippen LogP) is 2.48. The van der Waals surface area contributed by atoms with Crippen LogP contribution in [0.1, 0.15) is 30.1 Å². The Balaban J connectivity index is 0.00000208. The number of nitrogens with zero attached hydrogens (tertiary/aromatic N) is 5. The predicted molar refractivity (Wildman–Crippen MR) is 106 cm³/mol. The van der Waals surface area contributed by atoms with Gasteiger partial charge >= 0.3 is 0 Å². The highest BCUT2D eigenvalue weighted by molar-refractivity contribution is 14.0. The molecule has 1 aliphatic carbocycles. The van der Waals surface area contributed by atoms with Crippen molar-refractivity contribution in [2.45, 2.75) is 38.9 Å². The maximum atomic E-state index is 4.75. The third-order valence-corrected chi connectivity index (χ3v) is 4.09. The highest BCUT2D eigenvalue weighted by Crippen LogP contribution is 2.19. The first-order valence-corrected chi connectivity index (χ1v) is 8.04. The molecule has 3 rings (SSSR count). The quantitative estimate of drug-likeness (QED) is 0.441. The van der Waals surface area contributed by atoms with Crippen LogP contribution in [0, 0.1) is 6.92 Å². The molecule has 1 fully saturated rings. The monoisotopic (exact) mass is 440 g/mol. The van der Waals surface area contributed by atoms with E-state index < -0.39 is 0 Å². The molecule has 0 unspecified atom stereocenters. The SMILES string of the molecule is Cc1nnc(CN=C(NC2CC2)N(C)Cc2ccccc2)n1C.I. The average molecular weight is 440 g/mol. The number of aromatic nitrogens is 3. The van der Waals surface area contributed by atoms with Crippen molar-refractivity contribution >= 4 is 29.9 Å². The first-order valence-electron chi connectivity index (χ1n) is 8.04. The Morgan fingerprint density at radius 2 is 2.00 bits per heavy atom. The summed E-state index contributed by atoms with van der Waals surface area (Å²) >= 11 is 0. The van der Waals surface area contributed by atoms with Crippen molar-refractivity contribution in [3.05, 3.63) is 47.5 Å². The van der Waals surface area contributed by atoms with Crippen LogP contribution in [0.25, 0.3) is 0 Å². The van der Waals surface area contributed by atoms with E-state index in [0.717, 1.165) is 24.2 Å². The standard InChI is InChI=1S/C17H24N6.HI/c1-13-20-21-16(23(13)3)11-18-17(19-15-9-10-15)22(2)12-14-7-5-4-6-8-14;/h4-8,15H,9-12H2,1-3H3,(H,18,19);1H. The molecule has 6 nitrogen and oxygen atoms in total. The molecule has 1 N–H and O–H groups in total. The number of guanidine groups is 1. The van der Waals surface area contributed by atoms with Gasteiger partial charge in [0.1, 0.15) is 12.4 Å². The fraction of sp³-hybridized carbons (Fsp3) is 0.471. The molecule has 0 aliphatic heterocycles. The second-order valence-electron chi connectivity index (χ2n) is 6.12. The molecule has 7 heteroatoms. The minimum atomic E-state index is 0. The molecule has 0 radical (unpaired) electrons.